The smallest absolute Gasteiger partial charge is 0.0843 e. The van der Waals surface area contributed by atoms with Gasteiger partial charge in [0.1, 0.15) is 0 Å². The molecule has 0 bridgehead atoms. The summed E-state index contributed by atoms with van der Waals surface area (Å²) in [6.45, 7) is 0. The van der Waals surface area contributed by atoms with Gasteiger partial charge in [0, 0.05) is 0 Å². The fourth-order valence-corrected chi connectivity index (χ4v) is 2.91. The van der Waals surface area contributed by atoms with Crippen molar-refractivity contribution in [2.24, 2.45) is 11.1 Å². The first-order valence-corrected chi connectivity index (χ1v) is 5.97. The van der Waals surface area contributed by atoms with Crippen molar-refractivity contribution in [3.63, 3.8) is 0 Å². The number of nitroso groups, excluding NO2 is 1. The summed E-state index contributed by atoms with van der Waals surface area (Å²) in [5, 5.41) is 3.23. The maximum Gasteiger partial charge on any atom is 0.0843 e. The lowest BCUT2D eigenvalue weighted by Crippen LogP contribution is -2.13. The third-order valence-corrected chi connectivity index (χ3v) is 3.69. The second-order valence-electron chi connectivity index (χ2n) is 4.61. The highest BCUT2D eigenvalue weighted by molar-refractivity contribution is 5.19. The van der Waals surface area contributed by atoms with Crippen molar-refractivity contribution in [3.05, 3.63) is 16.2 Å². The molecule has 2 heteroatoms. The normalized spacial score (nSPS) is 25.1. The largest absolute Gasteiger partial charge is 0.145 e. The lowest BCUT2D eigenvalue weighted by molar-refractivity contribution is 0.383. The van der Waals surface area contributed by atoms with E-state index in [1.807, 2.05) is 0 Å². The molecule has 0 atom stereocenters. The SMILES string of the molecule is O=NC1=C(C2CCCCC2)CCCC1. The fraction of sp³-hybridized carbons (Fsp3) is 0.833. The van der Waals surface area contributed by atoms with Gasteiger partial charge in [0.05, 0.1) is 5.70 Å². The third-order valence-electron chi connectivity index (χ3n) is 3.69. The maximum absolute atomic E-state index is 10.7. The molecule has 0 aromatic rings. The first kappa shape index (κ1) is 9.88. The van der Waals surface area contributed by atoms with Crippen LogP contribution < -0.4 is 0 Å². The van der Waals surface area contributed by atoms with Crippen molar-refractivity contribution in [2.75, 3.05) is 0 Å². The van der Waals surface area contributed by atoms with Gasteiger partial charge in [-0.25, -0.2) is 0 Å². The van der Waals surface area contributed by atoms with Crippen LogP contribution in [0.2, 0.25) is 0 Å². The molecular weight excluding hydrogens is 174 g/mol. The Morgan fingerprint density at radius 2 is 1.64 bits per heavy atom. The number of rotatable bonds is 2. The minimum Gasteiger partial charge on any atom is -0.145 e. The van der Waals surface area contributed by atoms with E-state index in [0.29, 0.717) is 5.92 Å². The molecule has 0 amide bonds. The molecule has 78 valence electrons. The van der Waals surface area contributed by atoms with Crippen LogP contribution in [0.3, 0.4) is 0 Å². The van der Waals surface area contributed by atoms with E-state index in [4.69, 9.17) is 0 Å². The number of allylic oxidation sites excluding steroid dienone is 2. The molecule has 1 saturated carbocycles. The van der Waals surface area contributed by atoms with Crippen LogP contribution >= 0.6 is 0 Å². The molecule has 0 radical (unpaired) electrons. The zero-order chi connectivity index (χ0) is 9.80. The van der Waals surface area contributed by atoms with Crippen molar-refractivity contribution in [2.45, 2.75) is 57.8 Å². The molecule has 2 aliphatic carbocycles. The second kappa shape index (κ2) is 4.72. The molecule has 0 spiro atoms. The van der Waals surface area contributed by atoms with Crippen LogP contribution in [-0.2, 0) is 0 Å². The van der Waals surface area contributed by atoms with Crippen LogP contribution in [0.5, 0.6) is 0 Å². The highest BCUT2D eigenvalue weighted by Crippen LogP contribution is 2.37. The predicted molar refractivity (Wildman–Crippen MR) is 57.9 cm³/mol. The lowest BCUT2D eigenvalue weighted by atomic mass is 9.78. The lowest BCUT2D eigenvalue weighted by Gasteiger charge is -2.27. The minimum atomic E-state index is 0.705. The number of hydrogen-bond acceptors (Lipinski definition) is 2. The van der Waals surface area contributed by atoms with Crippen LogP contribution in [0.15, 0.2) is 16.4 Å². The van der Waals surface area contributed by atoms with E-state index in [0.717, 1.165) is 25.0 Å². The van der Waals surface area contributed by atoms with Gasteiger partial charge in [0.25, 0.3) is 0 Å². The van der Waals surface area contributed by atoms with Gasteiger partial charge in [-0.15, -0.1) is 4.91 Å². The van der Waals surface area contributed by atoms with Gasteiger partial charge in [0.2, 0.25) is 0 Å². The third kappa shape index (κ3) is 2.05. The minimum absolute atomic E-state index is 0.705. The van der Waals surface area contributed by atoms with E-state index in [-0.39, 0.29) is 0 Å². The quantitative estimate of drug-likeness (QED) is 0.605. The highest BCUT2D eigenvalue weighted by Gasteiger charge is 2.23. The van der Waals surface area contributed by atoms with E-state index >= 15 is 0 Å². The number of hydrogen-bond donors (Lipinski definition) is 0. The van der Waals surface area contributed by atoms with E-state index in [1.54, 1.807) is 0 Å². The molecular formula is C12H19NO. The van der Waals surface area contributed by atoms with Crippen LogP contribution in [0.25, 0.3) is 0 Å². The van der Waals surface area contributed by atoms with Gasteiger partial charge < -0.3 is 0 Å². The van der Waals surface area contributed by atoms with Gasteiger partial charge in [-0.3, -0.25) is 0 Å². The molecule has 0 aliphatic heterocycles. The summed E-state index contributed by atoms with van der Waals surface area (Å²) in [6.07, 6.45) is 11.2. The van der Waals surface area contributed by atoms with Crippen molar-refractivity contribution in [3.8, 4) is 0 Å². The van der Waals surface area contributed by atoms with Crippen molar-refractivity contribution in [1.29, 1.82) is 0 Å². The Morgan fingerprint density at radius 3 is 2.36 bits per heavy atom. The Labute approximate surface area is 85.7 Å². The van der Waals surface area contributed by atoms with E-state index in [9.17, 15) is 4.91 Å². The second-order valence-corrected chi connectivity index (χ2v) is 4.61. The summed E-state index contributed by atoms with van der Waals surface area (Å²) in [7, 11) is 0. The Balaban J connectivity index is 2.11. The molecule has 2 rings (SSSR count). The van der Waals surface area contributed by atoms with Crippen molar-refractivity contribution in [1.82, 2.24) is 0 Å². The van der Waals surface area contributed by atoms with Gasteiger partial charge in [-0.1, -0.05) is 19.3 Å². The van der Waals surface area contributed by atoms with Crippen LogP contribution in [0.1, 0.15) is 57.8 Å². The average Bonchev–Trinajstić information content (AvgIpc) is 2.30. The van der Waals surface area contributed by atoms with Crippen LogP contribution in [-0.4, -0.2) is 0 Å². The predicted octanol–water partition coefficient (Wildman–Crippen LogP) is 4.16. The first-order chi connectivity index (χ1) is 6.92. The Morgan fingerprint density at radius 1 is 0.929 bits per heavy atom. The molecule has 14 heavy (non-hydrogen) atoms. The Hall–Kier alpha value is -0.660. The summed E-state index contributed by atoms with van der Waals surface area (Å²) < 4.78 is 0. The van der Waals surface area contributed by atoms with E-state index in [1.165, 1.54) is 44.1 Å². The fourth-order valence-electron chi connectivity index (χ4n) is 2.91. The summed E-state index contributed by atoms with van der Waals surface area (Å²) in [6, 6.07) is 0. The van der Waals surface area contributed by atoms with Gasteiger partial charge in [-0.2, -0.15) is 0 Å². The Kier molecular flexibility index (Phi) is 3.33. The standard InChI is InChI=1S/C12H19NO/c14-13-12-9-5-4-8-11(12)10-6-2-1-3-7-10/h10H,1-9H2. The summed E-state index contributed by atoms with van der Waals surface area (Å²) in [4.78, 5) is 10.7. The summed E-state index contributed by atoms with van der Waals surface area (Å²) in [5.41, 5.74) is 2.33. The van der Waals surface area contributed by atoms with Crippen LogP contribution in [0.4, 0.5) is 0 Å². The Bertz CT molecular complexity index is 239. The molecule has 2 aliphatic rings. The highest BCUT2D eigenvalue weighted by atomic mass is 16.3. The van der Waals surface area contributed by atoms with Gasteiger partial charge in [0.15, 0.2) is 0 Å². The van der Waals surface area contributed by atoms with Crippen molar-refractivity contribution >= 4 is 0 Å². The first-order valence-electron chi connectivity index (χ1n) is 5.97. The zero-order valence-corrected chi connectivity index (χ0v) is 8.80. The molecule has 0 heterocycles. The molecule has 2 nitrogen and oxygen atoms in total. The van der Waals surface area contributed by atoms with E-state index < -0.39 is 0 Å². The molecule has 0 aromatic carbocycles. The molecule has 0 unspecified atom stereocenters. The summed E-state index contributed by atoms with van der Waals surface area (Å²) in [5.74, 6) is 0.705. The monoisotopic (exact) mass is 193 g/mol. The van der Waals surface area contributed by atoms with E-state index in [2.05, 4.69) is 5.18 Å². The molecule has 0 saturated heterocycles. The van der Waals surface area contributed by atoms with Crippen molar-refractivity contribution < 1.29 is 0 Å². The van der Waals surface area contributed by atoms with Gasteiger partial charge in [-0.05, 0) is 55.2 Å². The number of nitrogens with zero attached hydrogens (tertiary/aromatic N) is 1. The average molecular weight is 193 g/mol. The molecule has 1 fully saturated rings. The maximum atomic E-state index is 10.7. The molecule has 0 aromatic heterocycles. The van der Waals surface area contributed by atoms with Crippen LogP contribution in [0, 0.1) is 10.8 Å². The zero-order valence-electron chi connectivity index (χ0n) is 8.80. The molecule has 0 N–H and O–H groups in total. The van der Waals surface area contributed by atoms with Gasteiger partial charge >= 0.3 is 0 Å². The summed E-state index contributed by atoms with van der Waals surface area (Å²) >= 11 is 0. The topological polar surface area (TPSA) is 29.4 Å².